The van der Waals surface area contributed by atoms with Crippen molar-refractivity contribution in [3.05, 3.63) is 34.4 Å². The van der Waals surface area contributed by atoms with Crippen LogP contribution in [0.3, 0.4) is 0 Å². The van der Waals surface area contributed by atoms with Gasteiger partial charge in [-0.15, -0.1) is 0 Å². The summed E-state index contributed by atoms with van der Waals surface area (Å²) in [5.74, 6) is 0. The van der Waals surface area contributed by atoms with Crippen LogP contribution >= 0.6 is 15.9 Å². The van der Waals surface area contributed by atoms with Crippen LogP contribution in [-0.2, 0) is 17.9 Å². The Balaban J connectivity index is 2.36. The van der Waals surface area contributed by atoms with E-state index in [0.29, 0.717) is 6.73 Å². The summed E-state index contributed by atoms with van der Waals surface area (Å²) in [5.41, 5.74) is 2.62. The topological polar surface area (TPSA) is 14.2 Å². The van der Waals surface area contributed by atoms with E-state index in [2.05, 4.69) is 58.7 Å². The number of hydrogen-bond acceptors (Lipinski definition) is 1. The summed E-state index contributed by atoms with van der Waals surface area (Å²) < 4.78 is 8.92. The van der Waals surface area contributed by atoms with E-state index in [9.17, 15) is 0 Å². The summed E-state index contributed by atoms with van der Waals surface area (Å²) in [6.45, 7) is 5.77. The average molecular weight is 296 g/mol. The Labute approximate surface area is 111 Å². The molecule has 0 N–H and O–H groups in total. The maximum Gasteiger partial charge on any atom is 0.122 e. The standard InChI is InChI=1S/C14H18BrNO/c1-3-7-17-10-16-9-11(4-2)13-6-5-12(15)8-14(13)16/h5-6,8-9H,3-4,7,10H2,1-2H3. The second-order valence-corrected chi connectivity index (χ2v) is 5.09. The molecule has 0 aliphatic rings. The number of aromatic nitrogens is 1. The van der Waals surface area contributed by atoms with Gasteiger partial charge in [-0.1, -0.05) is 35.8 Å². The molecule has 0 saturated heterocycles. The molecule has 92 valence electrons. The van der Waals surface area contributed by atoms with Crippen LogP contribution in [0.15, 0.2) is 28.9 Å². The average Bonchev–Trinajstić information content (AvgIpc) is 2.67. The molecule has 0 fully saturated rings. The second kappa shape index (κ2) is 5.69. The maximum atomic E-state index is 5.62. The summed E-state index contributed by atoms with van der Waals surface area (Å²) in [6, 6.07) is 6.43. The molecule has 0 aliphatic carbocycles. The lowest BCUT2D eigenvalue weighted by Gasteiger charge is -2.06. The molecule has 2 nitrogen and oxygen atoms in total. The highest BCUT2D eigenvalue weighted by molar-refractivity contribution is 9.10. The van der Waals surface area contributed by atoms with E-state index in [1.807, 2.05) is 0 Å². The van der Waals surface area contributed by atoms with Gasteiger partial charge in [0.1, 0.15) is 6.73 Å². The van der Waals surface area contributed by atoms with Crippen molar-refractivity contribution in [3.8, 4) is 0 Å². The summed E-state index contributed by atoms with van der Waals surface area (Å²) >= 11 is 3.53. The minimum absolute atomic E-state index is 0.640. The van der Waals surface area contributed by atoms with Crippen molar-refractivity contribution < 1.29 is 4.74 Å². The zero-order chi connectivity index (χ0) is 12.3. The Kier molecular flexibility index (Phi) is 4.24. The molecule has 1 aromatic carbocycles. The van der Waals surface area contributed by atoms with Crippen molar-refractivity contribution in [2.24, 2.45) is 0 Å². The molecule has 2 aromatic rings. The normalized spacial score (nSPS) is 11.2. The molecule has 17 heavy (non-hydrogen) atoms. The van der Waals surface area contributed by atoms with Gasteiger partial charge in [-0.2, -0.15) is 0 Å². The van der Waals surface area contributed by atoms with Gasteiger partial charge in [0.05, 0.1) is 5.52 Å². The van der Waals surface area contributed by atoms with Gasteiger partial charge in [-0.3, -0.25) is 0 Å². The zero-order valence-corrected chi connectivity index (χ0v) is 12.0. The number of fused-ring (bicyclic) bond motifs is 1. The number of ether oxygens (including phenoxy) is 1. The number of rotatable bonds is 5. The summed E-state index contributed by atoms with van der Waals surface area (Å²) in [7, 11) is 0. The number of hydrogen-bond donors (Lipinski definition) is 0. The fraction of sp³-hybridized carbons (Fsp3) is 0.429. The molecular weight excluding hydrogens is 278 g/mol. The molecule has 0 saturated carbocycles. The SMILES string of the molecule is CCCOCn1cc(CC)c2ccc(Br)cc21. The van der Waals surface area contributed by atoms with E-state index in [4.69, 9.17) is 4.74 Å². The highest BCUT2D eigenvalue weighted by Gasteiger charge is 2.07. The van der Waals surface area contributed by atoms with Crippen LogP contribution < -0.4 is 0 Å². The number of aryl methyl sites for hydroxylation is 1. The van der Waals surface area contributed by atoms with E-state index in [-0.39, 0.29) is 0 Å². The number of nitrogens with zero attached hydrogens (tertiary/aromatic N) is 1. The maximum absolute atomic E-state index is 5.62. The zero-order valence-electron chi connectivity index (χ0n) is 10.4. The Morgan fingerprint density at radius 2 is 2.12 bits per heavy atom. The number of benzene rings is 1. The monoisotopic (exact) mass is 295 g/mol. The molecule has 0 spiro atoms. The highest BCUT2D eigenvalue weighted by Crippen LogP contribution is 2.25. The van der Waals surface area contributed by atoms with Gasteiger partial charge < -0.3 is 9.30 Å². The smallest absolute Gasteiger partial charge is 0.122 e. The van der Waals surface area contributed by atoms with Gasteiger partial charge in [0.15, 0.2) is 0 Å². The molecule has 2 rings (SSSR count). The van der Waals surface area contributed by atoms with Gasteiger partial charge in [0.2, 0.25) is 0 Å². The van der Waals surface area contributed by atoms with Crippen molar-refractivity contribution in [3.63, 3.8) is 0 Å². The molecule has 0 aliphatic heterocycles. The Morgan fingerprint density at radius 1 is 1.29 bits per heavy atom. The molecule has 0 unspecified atom stereocenters. The first-order valence-corrected chi connectivity index (χ1v) is 6.90. The van der Waals surface area contributed by atoms with Crippen LogP contribution in [0.1, 0.15) is 25.8 Å². The Bertz CT molecular complexity index is 504. The van der Waals surface area contributed by atoms with E-state index >= 15 is 0 Å². The van der Waals surface area contributed by atoms with Gasteiger partial charge in [0, 0.05) is 22.7 Å². The first-order chi connectivity index (χ1) is 8.26. The number of halogens is 1. The minimum atomic E-state index is 0.640. The van der Waals surface area contributed by atoms with Gasteiger partial charge in [0.25, 0.3) is 0 Å². The molecule has 3 heteroatoms. The van der Waals surface area contributed by atoms with Crippen molar-refractivity contribution in [1.82, 2.24) is 4.57 Å². The van der Waals surface area contributed by atoms with Crippen LogP contribution in [0.25, 0.3) is 10.9 Å². The lowest BCUT2D eigenvalue weighted by molar-refractivity contribution is 0.0803. The van der Waals surface area contributed by atoms with Crippen molar-refractivity contribution in [1.29, 1.82) is 0 Å². The predicted octanol–water partition coefficient (Wildman–Crippen LogP) is 4.35. The Hall–Kier alpha value is -0.800. The fourth-order valence-corrected chi connectivity index (χ4v) is 2.39. The summed E-state index contributed by atoms with van der Waals surface area (Å²) in [5, 5.41) is 1.33. The molecule has 1 aromatic heterocycles. The van der Waals surface area contributed by atoms with Crippen molar-refractivity contribution in [2.45, 2.75) is 33.4 Å². The summed E-state index contributed by atoms with van der Waals surface area (Å²) in [4.78, 5) is 0. The molecular formula is C14H18BrNO. The van der Waals surface area contributed by atoms with Crippen LogP contribution in [0.4, 0.5) is 0 Å². The van der Waals surface area contributed by atoms with Crippen LogP contribution in [0.2, 0.25) is 0 Å². The van der Waals surface area contributed by atoms with Crippen molar-refractivity contribution >= 4 is 26.8 Å². The third-order valence-corrected chi connectivity index (χ3v) is 3.38. The quantitative estimate of drug-likeness (QED) is 0.748. The molecule has 0 radical (unpaired) electrons. The molecule has 0 amide bonds. The Morgan fingerprint density at radius 3 is 2.82 bits per heavy atom. The first kappa shape index (κ1) is 12.7. The largest absolute Gasteiger partial charge is 0.361 e. The van der Waals surface area contributed by atoms with Crippen LogP contribution in [-0.4, -0.2) is 11.2 Å². The molecule has 0 atom stereocenters. The van der Waals surface area contributed by atoms with Crippen LogP contribution in [0, 0.1) is 0 Å². The van der Waals surface area contributed by atoms with Crippen LogP contribution in [0.5, 0.6) is 0 Å². The van der Waals surface area contributed by atoms with Crippen molar-refractivity contribution in [2.75, 3.05) is 6.61 Å². The van der Waals surface area contributed by atoms with E-state index in [1.165, 1.54) is 16.5 Å². The van der Waals surface area contributed by atoms with E-state index in [0.717, 1.165) is 23.9 Å². The predicted molar refractivity (Wildman–Crippen MR) is 75.3 cm³/mol. The molecule has 0 bridgehead atoms. The van der Waals surface area contributed by atoms with Gasteiger partial charge in [-0.25, -0.2) is 0 Å². The third-order valence-electron chi connectivity index (χ3n) is 2.89. The van der Waals surface area contributed by atoms with Gasteiger partial charge in [-0.05, 0) is 30.5 Å². The van der Waals surface area contributed by atoms with E-state index < -0.39 is 0 Å². The third kappa shape index (κ3) is 2.72. The fourth-order valence-electron chi connectivity index (χ4n) is 2.04. The van der Waals surface area contributed by atoms with Gasteiger partial charge >= 0.3 is 0 Å². The van der Waals surface area contributed by atoms with E-state index in [1.54, 1.807) is 0 Å². The second-order valence-electron chi connectivity index (χ2n) is 4.18. The molecule has 1 heterocycles. The lowest BCUT2D eigenvalue weighted by atomic mass is 10.1. The first-order valence-electron chi connectivity index (χ1n) is 6.11. The lowest BCUT2D eigenvalue weighted by Crippen LogP contribution is -2.01. The minimum Gasteiger partial charge on any atom is -0.361 e. The summed E-state index contributed by atoms with van der Waals surface area (Å²) in [6.07, 6.45) is 4.31. The highest BCUT2D eigenvalue weighted by atomic mass is 79.9.